The highest BCUT2D eigenvalue weighted by Crippen LogP contribution is 2.35. The summed E-state index contributed by atoms with van der Waals surface area (Å²) in [7, 11) is 0. The molecule has 30 heavy (non-hydrogen) atoms. The third-order valence-electron chi connectivity index (χ3n) is 5.00. The number of carboxylic acid groups (broad SMARTS) is 1. The fourth-order valence-electron chi connectivity index (χ4n) is 3.02. The van der Waals surface area contributed by atoms with Gasteiger partial charge < -0.3 is 20.3 Å². The Balaban J connectivity index is 3.19. The van der Waals surface area contributed by atoms with Crippen molar-refractivity contribution in [1.82, 2.24) is 5.32 Å². The van der Waals surface area contributed by atoms with Gasteiger partial charge in [0, 0.05) is 0 Å². The van der Waals surface area contributed by atoms with Crippen LogP contribution in [-0.2, 0) is 15.7 Å². The molecule has 0 aliphatic heterocycles. The summed E-state index contributed by atoms with van der Waals surface area (Å²) in [6.45, 7) is 7.33. The van der Waals surface area contributed by atoms with Crippen molar-refractivity contribution < 1.29 is 37.7 Å². The van der Waals surface area contributed by atoms with Crippen LogP contribution in [0.25, 0.3) is 0 Å². The Labute approximate surface area is 174 Å². The van der Waals surface area contributed by atoms with Crippen LogP contribution in [0.4, 0.5) is 18.0 Å². The lowest BCUT2D eigenvalue weighted by Gasteiger charge is -2.35. The van der Waals surface area contributed by atoms with Crippen LogP contribution in [-0.4, -0.2) is 40.5 Å². The van der Waals surface area contributed by atoms with Gasteiger partial charge in [0.1, 0.15) is 11.0 Å². The predicted molar refractivity (Wildman–Crippen MR) is 105 cm³/mol. The topological polar surface area (TPSA) is 95.9 Å². The SMILES string of the molecule is CCC(C[C@@H](NC(=O)OC(C)(C)C)[C@](C)(CO)C(=O)O)c1ccc(C(F)(F)F)cc1. The van der Waals surface area contributed by atoms with Crippen molar-refractivity contribution in [3.05, 3.63) is 35.4 Å². The number of hydrogen-bond acceptors (Lipinski definition) is 4. The van der Waals surface area contributed by atoms with Crippen LogP contribution in [0, 0.1) is 5.41 Å². The van der Waals surface area contributed by atoms with Gasteiger partial charge in [-0.2, -0.15) is 13.2 Å². The molecule has 0 bridgehead atoms. The third-order valence-corrected chi connectivity index (χ3v) is 5.00. The molecule has 0 aliphatic carbocycles. The lowest BCUT2D eigenvalue weighted by atomic mass is 9.76. The molecule has 6 nitrogen and oxygen atoms in total. The van der Waals surface area contributed by atoms with E-state index in [1.807, 2.05) is 6.92 Å². The van der Waals surface area contributed by atoms with Crippen molar-refractivity contribution in [2.24, 2.45) is 5.41 Å². The zero-order valence-corrected chi connectivity index (χ0v) is 17.8. The number of nitrogens with one attached hydrogen (secondary N) is 1. The number of aliphatic carboxylic acids is 1. The van der Waals surface area contributed by atoms with Gasteiger partial charge in [-0.05, 0) is 64.2 Å². The first kappa shape index (κ1) is 25.7. The molecule has 0 aromatic heterocycles. The maximum Gasteiger partial charge on any atom is 0.416 e. The first-order chi connectivity index (χ1) is 13.6. The molecule has 0 saturated carbocycles. The Kier molecular flexibility index (Phi) is 8.31. The lowest BCUT2D eigenvalue weighted by molar-refractivity contribution is -0.152. The van der Waals surface area contributed by atoms with Crippen molar-refractivity contribution in [2.75, 3.05) is 6.61 Å². The van der Waals surface area contributed by atoms with E-state index in [1.165, 1.54) is 19.1 Å². The normalized spacial score (nSPS) is 16.3. The number of aliphatic hydroxyl groups is 1. The van der Waals surface area contributed by atoms with Gasteiger partial charge in [0.15, 0.2) is 0 Å². The number of carbonyl (C=O) groups excluding carboxylic acids is 1. The number of hydrogen-bond donors (Lipinski definition) is 3. The van der Waals surface area contributed by atoms with Gasteiger partial charge in [0.2, 0.25) is 0 Å². The highest BCUT2D eigenvalue weighted by Gasteiger charge is 2.43. The molecule has 1 aromatic carbocycles. The number of alkyl halides is 3. The molecule has 0 radical (unpaired) electrons. The second kappa shape index (κ2) is 9.68. The number of aliphatic hydroxyl groups excluding tert-OH is 1. The van der Waals surface area contributed by atoms with E-state index in [9.17, 15) is 33.0 Å². The number of amides is 1. The molecule has 0 spiro atoms. The molecule has 1 amide bonds. The van der Waals surface area contributed by atoms with E-state index in [0.717, 1.165) is 12.1 Å². The average Bonchev–Trinajstić information content (AvgIpc) is 2.62. The van der Waals surface area contributed by atoms with Crippen molar-refractivity contribution in [3.63, 3.8) is 0 Å². The van der Waals surface area contributed by atoms with Crippen LogP contribution < -0.4 is 5.32 Å². The quantitative estimate of drug-likeness (QED) is 0.558. The molecule has 0 aliphatic rings. The van der Waals surface area contributed by atoms with E-state index in [-0.39, 0.29) is 12.3 Å². The zero-order valence-electron chi connectivity index (χ0n) is 17.8. The smallest absolute Gasteiger partial charge is 0.416 e. The summed E-state index contributed by atoms with van der Waals surface area (Å²) in [5.41, 5.74) is -2.73. The Hall–Kier alpha value is -2.29. The predicted octanol–water partition coefficient (Wildman–Crippen LogP) is 4.57. The molecule has 3 N–H and O–H groups in total. The first-order valence-corrected chi connectivity index (χ1v) is 9.65. The standard InChI is InChI=1S/C21H30F3NO5/c1-6-13(14-7-9-15(10-8-14)21(22,23)24)11-16(20(5,12-26)17(27)28)25-18(29)30-19(2,3)4/h7-10,13,16,26H,6,11-12H2,1-5H3,(H,25,29)(H,27,28)/t13?,16-,20+/m1/s1. The third kappa shape index (κ3) is 6.90. The molecule has 1 rings (SSSR count). The van der Waals surface area contributed by atoms with Gasteiger partial charge in [-0.1, -0.05) is 19.1 Å². The van der Waals surface area contributed by atoms with Crippen LogP contribution in [0.15, 0.2) is 24.3 Å². The van der Waals surface area contributed by atoms with E-state index in [4.69, 9.17) is 4.74 Å². The van der Waals surface area contributed by atoms with Crippen LogP contribution in [0.5, 0.6) is 0 Å². The molecule has 1 aromatic rings. The van der Waals surface area contributed by atoms with Crippen LogP contribution in [0.2, 0.25) is 0 Å². The van der Waals surface area contributed by atoms with Gasteiger partial charge in [0.05, 0.1) is 18.2 Å². The summed E-state index contributed by atoms with van der Waals surface area (Å²) in [6.07, 6.45) is -4.72. The molecule has 0 heterocycles. The highest BCUT2D eigenvalue weighted by atomic mass is 19.4. The highest BCUT2D eigenvalue weighted by molar-refractivity contribution is 5.77. The molecule has 1 unspecified atom stereocenters. The van der Waals surface area contributed by atoms with Gasteiger partial charge in [0.25, 0.3) is 0 Å². The minimum atomic E-state index is -4.46. The Morgan fingerprint density at radius 3 is 2.00 bits per heavy atom. The zero-order chi connectivity index (χ0) is 23.3. The van der Waals surface area contributed by atoms with Gasteiger partial charge in [-0.3, -0.25) is 4.79 Å². The van der Waals surface area contributed by atoms with Gasteiger partial charge >= 0.3 is 18.2 Å². The second-order valence-corrected chi connectivity index (χ2v) is 8.54. The average molecular weight is 433 g/mol. The first-order valence-electron chi connectivity index (χ1n) is 9.65. The summed E-state index contributed by atoms with van der Waals surface area (Å²) in [4.78, 5) is 24.1. The van der Waals surface area contributed by atoms with E-state index in [0.29, 0.717) is 12.0 Å². The van der Waals surface area contributed by atoms with Crippen molar-refractivity contribution in [2.45, 2.75) is 71.2 Å². The molecule has 0 fully saturated rings. The lowest BCUT2D eigenvalue weighted by Crippen LogP contribution is -2.54. The van der Waals surface area contributed by atoms with Crippen LogP contribution in [0.3, 0.4) is 0 Å². The van der Waals surface area contributed by atoms with Crippen molar-refractivity contribution >= 4 is 12.1 Å². The number of ether oxygens (including phenoxy) is 1. The maximum absolute atomic E-state index is 12.8. The Bertz CT molecular complexity index is 728. The molecule has 170 valence electrons. The summed E-state index contributed by atoms with van der Waals surface area (Å²) < 4.78 is 43.7. The van der Waals surface area contributed by atoms with E-state index >= 15 is 0 Å². The van der Waals surface area contributed by atoms with Gasteiger partial charge in [-0.25, -0.2) is 4.79 Å². The summed E-state index contributed by atoms with van der Waals surface area (Å²) in [5, 5.41) is 21.9. The number of rotatable bonds is 8. The fraction of sp³-hybridized carbons (Fsp3) is 0.619. The number of carboxylic acids is 1. The maximum atomic E-state index is 12.8. The van der Waals surface area contributed by atoms with Crippen molar-refractivity contribution in [3.8, 4) is 0 Å². The van der Waals surface area contributed by atoms with Gasteiger partial charge in [-0.15, -0.1) is 0 Å². The molecule has 3 atom stereocenters. The molecular weight excluding hydrogens is 403 g/mol. The number of alkyl carbamates (subject to hydrolysis) is 1. The summed E-state index contributed by atoms with van der Waals surface area (Å²) in [6, 6.07) is 3.60. The summed E-state index contributed by atoms with van der Waals surface area (Å²) in [5.74, 6) is -1.66. The van der Waals surface area contributed by atoms with Crippen molar-refractivity contribution in [1.29, 1.82) is 0 Å². The Morgan fingerprint density at radius 2 is 1.63 bits per heavy atom. The number of benzene rings is 1. The monoisotopic (exact) mass is 433 g/mol. The molecule has 0 saturated heterocycles. The largest absolute Gasteiger partial charge is 0.481 e. The van der Waals surface area contributed by atoms with E-state index < -0.39 is 47.5 Å². The van der Waals surface area contributed by atoms with E-state index in [1.54, 1.807) is 20.8 Å². The minimum Gasteiger partial charge on any atom is -0.481 e. The van der Waals surface area contributed by atoms with Crippen LogP contribution >= 0.6 is 0 Å². The summed E-state index contributed by atoms with van der Waals surface area (Å²) >= 11 is 0. The molecule has 9 heteroatoms. The van der Waals surface area contributed by atoms with E-state index in [2.05, 4.69) is 5.32 Å². The fourth-order valence-corrected chi connectivity index (χ4v) is 3.02. The minimum absolute atomic E-state index is 0.0878. The molecular formula is C21H30F3NO5. The van der Waals surface area contributed by atoms with Crippen LogP contribution in [0.1, 0.15) is 64.5 Å². The second-order valence-electron chi connectivity index (χ2n) is 8.54. The number of carbonyl (C=O) groups is 2. The Morgan fingerprint density at radius 1 is 1.10 bits per heavy atom. The number of halogens is 3.